The number of amides is 2. The van der Waals surface area contributed by atoms with Gasteiger partial charge in [0.05, 0.1) is 4.92 Å². The van der Waals surface area contributed by atoms with Gasteiger partial charge in [-0.2, -0.15) is 0 Å². The zero-order chi connectivity index (χ0) is 22.1. The van der Waals surface area contributed by atoms with Crippen LogP contribution in [0.15, 0.2) is 54.6 Å². The molecule has 0 saturated carbocycles. The van der Waals surface area contributed by atoms with E-state index in [9.17, 15) is 19.7 Å². The predicted molar refractivity (Wildman–Crippen MR) is 120 cm³/mol. The summed E-state index contributed by atoms with van der Waals surface area (Å²) in [6, 6.07) is 13.4. The first-order valence-electron chi connectivity index (χ1n) is 9.08. The molecule has 156 valence electrons. The highest BCUT2D eigenvalue weighted by molar-refractivity contribution is 7.80. The minimum absolute atomic E-state index is 0.0479. The molecule has 30 heavy (non-hydrogen) atoms. The van der Waals surface area contributed by atoms with Crippen LogP contribution in [-0.4, -0.2) is 40.8 Å². The third kappa shape index (κ3) is 7.44. The van der Waals surface area contributed by atoms with Crippen LogP contribution in [0.25, 0.3) is 6.08 Å². The molecule has 0 bridgehead atoms. The Morgan fingerprint density at radius 1 is 1.17 bits per heavy atom. The number of nitro groups is 1. The normalized spacial score (nSPS) is 10.5. The van der Waals surface area contributed by atoms with Crippen LogP contribution in [0.2, 0.25) is 0 Å². The highest BCUT2D eigenvalue weighted by Crippen LogP contribution is 2.14. The third-order valence-corrected chi connectivity index (χ3v) is 4.26. The van der Waals surface area contributed by atoms with Gasteiger partial charge in [0.15, 0.2) is 5.11 Å². The van der Waals surface area contributed by atoms with E-state index in [1.54, 1.807) is 37.2 Å². The van der Waals surface area contributed by atoms with Crippen LogP contribution >= 0.6 is 12.2 Å². The molecule has 9 heteroatoms. The van der Waals surface area contributed by atoms with Gasteiger partial charge in [-0.15, -0.1) is 0 Å². The molecule has 2 aromatic rings. The summed E-state index contributed by atoms with van der Waals surface area (Å²) in [5, 5.41) is 16.4. The number of carbonyl (C=O) groups excluding carboxylic acids is 2. The summed E-state index contributed by atoms with van der Waals surface area (Å²) < 4.78 is 0. The molecule has 0 aliphatic rings. The topological polar surface area (TPSA) is 105 Å². The van der Waals surface area contributed by atoms with E-state index in [0.29, 0.717) is 24.1 Å². The van der Waals surface area contributed by atoms with E-state index in [1.165, 1.54) is 24.3 Å². The minimum Gasteiger partial charge on any atom is -0.349 e. The Morgan fingerprint density at radius 2 is 1.90 bits per heavy atom. The minimum atomic E-state index is -0.499. The quantitative estimate of drug-likeness (QED) is 0.305. The van der Waals surface area contributed by atoms with Gasteiger partial charge in [0.2, 0.25) is 11.8 Å². The van der Waals surface area contributed by atoms with Crippen molar-refractivity contribution in [1.82, 2.24) is 10.2 Å². The van der Waals surface area contributed by atoms with E-state index in [4.69, 9.17) is 12.2 Å². The second kappa shape index (κ2) is 10.8. The summed E-state index contributed by atoms with van der Waals surface area (Å²) in [6.45, 7) is 0. The smallest absolute Gasteiger partial charge is 0.270 e. The van der Waals surface area contributed by atoms with Gasteiger partial charge in [0.1, 0.15) is 0 Å². The number of nitrogens with one attached hydrogen (secondary N) is 2. The molecule has 0 saturated heterocycles. The lowest BCUT2D eigenvalue weighted by molar-refractivity contribution is -0.384. The zero-order valence-electron chi connectivity index (χ0n) is 16.6. The standard InChI is InChI=1S/C21H22N4O4S/c1-24(2)20(27)12-10-15-5-3-7-17(13-15)22-21(30)23-19(26)11-9-16-6-4-8-18(14-16)25(28)29/h3-9,11,13-14H,10,12H2,1-2H3,(H2,22,23,26,30)/b11-9+. The second-order valence-corrected chi connectivity index (χ2v) is 7.03. The van der Waals surface area contributed by atoms with Crippen LogP contribution in [0.5, 0.6) is 0 Å². The van der Waals surface area contributed by atoms with Crippen molar-refractivity contribution in [2.75, 3.05) is 19.4 Å². The molecule has 2 N–H and O–H groups in total. The van der Waals surface area contributed by atoms with Gasteiger partial charge in [0, 0.05) is 44.4 Å². The average Bonchev–Trinajstić information content (AvgIpc) is 2.70. The number of aryl methyl sites for hydroxylation is 1. The number of thiocarbonyl (C=S) groups is 1. The number of hydrogen-bond donors (Lipinski definition) is 2. The molecule has 2 aromatic carbocycles. The number of nitro benzene ring substituents is 1. The maximum atomic E-state index is 12.0. The first-order chi connectivity index (χ1) is 14.2. The van der Waals surface area contributed by atoms with Crippen LogP contribution in [0, 0.1) is 10.1 Å². The lowest BCUT2D eigenvalue weighted by atomic mass is 10.1. The van der Waals surface area contributed by atoms with Gasteiger partial charge >= 0.3 is 0 Å². The first kappa shape index (κ1) is 22.7. The van der Waals surface area contributed by atoms with Crippen molar-refractivity contribution < 1.29 is 14.5 Å². The SMILES string of the molecule is CN(C)C(=O)CCc1cccc(NC(=S)NC(=O)/C=C/c2cccc([N+](=O)[O-])c2)c1. The zero-order valence-corrected chi connectivity index (χ0v) is 17.4. The van der Waals surface area contributed by atoms with E-state index >= 15 is 0 Å². The van der Waals surface area contributed by atoms with Crippen LogP contribution in [0.1, 0.15) is 17.5 Å². The summed E-state index contributed by atoms with van der Waals surface area (Å²) in [7, 11) is 3.43. The molecule has 0 unspecified atom stereocenters. The number of rotatable bonds is 7. The molecule has 2 rings (SSSR count). The van der Waals surface area contributed by atoms with Crippen molar-refractivity contribution in [2.45, 2.75) is 12.8 Å². The fourth-order valence-corrected chi connectivity index (χ4v) is 2.73. The Bertz CT molecular complexity index is 988. The average molecular weight is 426 g/mol. The monoisotopic (exact) mass is 426 g/mol. The van der Waals surface area contributed by atoms with Crippen LogP contribution in [0.4, 0.5) is 11.4 Å². The number of carbonyl (C=O) groups is 2. The van der Waals surface area contributed by atoms with E-state index in [0.717, 1.165) is 5.56 Å². The fraction of sp³-hybridized carbons (Fsp3) is 0.190. The van der Waals surface area contributed by atoms with Crippen LogP contribution in [0.3, 0.4) is 0 Å². The van der Waals surface area contributed by atoms with Crippen molar-refractivity contribution in [2.24, 2.45) is 0 Å². The summed E-state index contributed by atoms with van der Waals surface area (Å²) >= 11 is 5.15. The molecule has 0 aliphatic heterocycles. The number of anilines is 1. The molecule has 0 spiro atoms. The van der Waals surface area contributed by atoms with Crippen molar-refractivity contribution in [3.05, 3.63) is 75.8 Å². The molecule has 0 heterocycles. The molecule has 0 aliphatic carbocycles. The second-order valence-electron chi connectivity index (χ2n) is 6.62. The van der Waals surface area contributed by atoms with Gasteiger partial charge in [-0.25, -0.2) is 0 Å². The number of benzene rings is 2. The number of hydrogen-bond acceptors (Lipinski definition) is 5. The highest BCUT2D eigenvalue weighted by Gasteiger charge is 2.07. The Kier molecular flexibility index (Phi) is 8.18. The molecule has 2 amide bonds. The Morgan fingerprint density at radius 3 is 2.60 bits per heavy atom. The van der Waals surface area contributed by atoms with Gasteiger partial charge < -0.3 is 10.2 Å². The van der Waals surface area contributed by atoms with Crippen molar-refractivity contribution in [3.8, 4) is 0 Å². The maximum absolute atomic E-state index is 12.0. The van der Waals surface area contributed by atoms with Crippen molar-refractivity contribution in [3.63, 3.8) is 0 Å². The van der Waals surface area contributed by atoms with E-state index in [2.05, 4.69) is 10.6 Å². The fourth-order valence-electron chi connectivity index (χ4n) is 2.51. The van der Waals surface area contributed by atoms with Gasteiger partial charge in [-0.05, 0) is 48.0 Å². The molecule has 0 aromatic heterocycles. The van der Waals surface area contributed by atoms with E-state index < -0.39 is 10.8 Å². The molecule has 0 fully saturated rings. The summed E-state index contributed by atoms with van der Waals surface area (Å²) in [5.74, 6) is -0.418. The van der Waals surface area contributed by atoms with Crippen molar-refractivity contribution in [1.29, 1.82) is 0 Å². The molecular formula is C21H22N4O4S. The molecule has 0 atom stereocenters. The maximum Gasteiger partial charge on any atom is 0.270 e. The van der Waals surface area contributed by atoms with Crippen LogP contribution < -0.4 is 10.6 Å². The van der Waals surface area contributed by atoms with Gasteiger partial charge in [-0.3, -0.25) is 25.0 Å². The van der Waals surface area contributed by atoms with Gasteiger partial charge in [-0.1, -0.05) is 24.3 Å². The lowest BCUT2D eigenvalue weighted by Gasteiger charge is -2.11. The Labute approximate surface area is 179 Å². The van der Waals surface area contributed by atoms with Gasteiger partial charge in [0.25, 0.3) is 5.69 Å². The lowest BCUT2D eigenvalue weighted by Crippen LogP contribution is -2.32. The predicted octanol–water partition coefficient (Wildman–Crippen LogP) is 3.14. The largest absolute Gasteiger partial charge is 0.349 e. The van der Waals surface area contributed by atoms with E-state index in [-0.39, 0.29) is 16.7 Å². The Hall–Kier alpha value is -3.59. The third-order valence-electron chi connectivity index (χ3n) is 4.06. The first-order valence-corrected chi connectivity index (χ1v) is 9.49. The summed E-state index contributed by atoms with van der Waals surface area (Å²) in [5.41, 5.74) is 2.13. The Balaban J connectivity index is 1.90. The number of nitrogens with zero attached hydrogens (tertiary/aromatic N) is 2. The molecule has 8 nitrogen and oxygen atoms in total. The van der Waals surface area contributed by atoms with Crippen molar-refractivity contribution >= 4 is 46.6 Å². The number of non-ortho nitro benzene ring substituents is 1. The molecular weight excluding hydrogens is 404 g/mol. The summed E-state index contributed by atoms with van der Waals surface area (Å²) in [6.07, 6.45) is 3.71. The van der Waals surface area contributed by atoms with E-state index in [1.807, 2.05) is 18.2 Å². The van der Waals surface area contributed by atoms with Crippen LogP contribution in [-0.2, 0) is 16.0 Å². The summed E-state index contributed by atoms with van der Waals surface area (Å²) in [4.78, 5) is 35.6. The molecule has 0 radical (unpaired) electrons. The highest BCUT2D eigenvalue weighted by atomic mass is 32.1.